The van der Waals surface area contributed by atoms with Gasteiger partial charge < -0.3 is 18.9 Å². The lowest BCUT2D eigenvalue weighted by Gasteiger charge is -2.46. The third-order valence-electron chi connectivity index (χ3n) is 29.6. The standard InChI is InChI=1S/C132H123BN8/c1-125(2,3)91-57-85(58-92(71-91)126(4,5)6)105-65-89(120-81(77-134)41-37-42-82(120)78-135)66-106(86-59-93(127(7,8)9)72-94(60-86)128(10,11)12)123(105)140-116-75-99(138-112-49-33-29-44-101(112)102-45-30-34-50-113(102)138)53-55-109(116)133-110-56-54-100(139-114-51-35-31-46-103(114)104-47-32-36-52-115(104)139)76-117(110)141(119-70-84(69-118(140)122(119)133)80-39-27-26-28-40-80)124-107(87-61-95(129(13,14)15)73-96(62-87)130(16,17)18)67-90(121-83(79-136)43-38-48-111(121)137-25)68-108(124)88-63-97(131(19,20)21)74-98(64-88)132(22,23)24/h26-76H,1-24H3. The van der Waals surface area contributed by atoms with Crippen molar-refractivity contribution < 1.29 is 0 Å². The Hall–Kier alpha value is -15.3. The summed E-state index contributed by atoms with van der Waals surface area (Å²) in [5.41, 5.74) is 35.3. The van der Waals surface area contributed by atoms with Gasteiger partial charge in [-0.15, -0.1) is 0 Å². The van der Waals surface area contributed by atoms with E-state index in [-0.39, 0.29) is 43.3 Å². The Labute approximate surface area is 834 Å². The quantitative estimate of drug-likeness (QED) is 0.0950. The van der Waals surface area contributed by atoms with Crippen LogP contribution in [0.15, 0.2) is 309 Å². The van der Waals surface area contributed by atoms with Gasteiger partial charge in [-0.1, -0.05) is 372 Å². The van der Waals surface area contributed by atoms with Gasteiger partial charge in [0.1, 0.15) is 0 Å². The van der Waals surface area contributed by atoms with Crippen LogP contribution in [-0.4, -0.2) is 15.8 Å². The number of rotatable bonds is 11. The highest BCUT2D eigenvalue weighted by molar-refractivity contribution is 7.00. The van der Waals surface area contributed by atoms with Crippen molar-refractivity contribution in [2.24, 2.45) is 0 Å². The van der Waals surface area contributed by atoms with Gasteiger partial charge in [0.25, 0.3) is 6.71 Å². The summed E-state index contributed by atoms with van der Waals surface area (Å²) in [6.07, 6.45) is 0. The van der Waals surface area contributed by atoms with Crippen molar-refractivity contribution in [3.8, 4) is 107 Å². The second-order valence-electron chi connectivity index (χ2n) is 47.5. The summed E-state index contributed by atoms with van der Waals surface area (Å²) in [6, 6.07) is 124. The fraction of sp³-hybridized carbons (Fsp3) is 0.242. The molecule has 4 heterocycles. The van der Waals surface area contributed by atoms with Crippen molar-refractivity contribution in [1.29, 1.82) is 15.8 Å². The van der Waals surface area contributed by atoms with Crippen molar-refractivity contribution in [3.05, 3.63) is 382 Å². The van der Waals surface area contributed by atoms with Crippen LogP contribution in [0, 0.1) is 40.6 Å². The van der Waals surface area contributed by atoms with E-state index >= 15 is 0 Å². The van der Waals surface area contributed by atoms with E-state index in [4.69, 9.17) is 0 Å². The molecule has 0 radical (unpaired) electrons. The van der Waals surface area contributed by atoms with Gasteiger partial charge in [0, 0.05) is 94.6 Å². The van der Waals surface area contributed by atoms with E-state index in [9.17, 15) is 22.4 Å². The summed E-state index contributed by atoms with van der Waals surface area (Å²) in [5, 5.41) is 39.9. The van der Waals surface area contributed by atoms with Crippen LogP contribution in [0.25, 0.3) is 138 Å². The van der Waals surface area contributed by atoms with Crippen molar-refractivity contribution in [2.45, 2.75) is 209 Å². The van der Waals surface area contributed by atoms with Gasteiger partial charge in [0.2, 0.25) is 0 Å². The second kappa shape index (κ2) is 33.8. The molecule has 0 fully saturated rings. The molecule has 18 aromatic rings. The Morgan fingerprint density at radius 1 is 0.248 bits per heavy atom. The number of hydrogen-bond acceptors (Lipinski definition) is 5. The van der Waals surface area contributed by atoms with E-state index in [1.165, 1.54) is 22.3 Å². The highest BCUT2D eigenvalue weighted by Gasteiger charge is 2.48. The lowest BCUT2D eigenvalue weighted by molar-refractivity contribution is 0.568. The second-order valence-corrected chi connectivity index (χ2v) is 47.5. The Balaban J connectivity index is 1.07. The summed E-state index contributed by atoms with van der Waals surface area (Å²) >= 11 is 0. The summed E-state index contributed by atoms with van der Waals surface area (Å²) in [5.74, 6) is 0. The van der Waals surface area contributed by atoms with Gasteiger partial charge in [0.15, 0.2) is 5.69 Å². The number of aromatic nitrogens is 2. The van der Waals surface area contributed by atoms with E-state index in [1.54, 1.807) is 0 Å². The predicted octanol–water partition coefficient (Wildman–Crippen LogP) is 34.2. The molecular weight excluding hydrogens is 1710 g/mol. The normalized spacial score (nSPS) is 13.0. The van der Waals surface area contributed by atoms with Gasteiger partial charge >= 0.3 is 0 Å². The summed E-state index contributed by atoms with van der Waals surface area (Å²) in [4.78, 5) is 9.73. The molecule has 9 heteroatoms. The van der Waals surface area contributed by atoms with Crippen LogP contribution in [0.2, 0.25) is 0 Å². The van der Waals surface area contributed by atoms with Crippen LogP contribution < -0.4 is 26.2 Å². The first-order chi connectivity index (χ1) is 66.8. The van der Waals surface area contributed by atoms with Crippen LogP contribution in [0.5, 0.6) is 0 Å². The average molecular weight is 1830 g/mol. The molecule has 0 atom stereocenters. The van der Waals surface area contributed by atoms with Gasteiger partial charge in [-0.3, -0.25) is 0 Å². The van der Waals surface area contributed by atoms with Crippen molar-refractivity contribution in [2.75, 3.05) is 9.80 Å². The fourth-order valence-electron chi connectivity index (χ4n) is 21.5. The zero-order chi connectivity index (χ0) is 99.8. The SMILES string of the molecule is [C-]#[N+]c1cccc(C#N)c1-c1cc(-c2cc(C(C)(C)C)cc(C(C)(C)C)c2)c(N2c3cc(-n4c5ccccc5c5ccccc54)ccc3B3c4ccc(-n5c6ccccc6c6ccccc65)cc4N(c4c(-c5cc(C(C)(C)C)cc(C(C)(C)C)c5)cc(-c5c(C#N)cccc5C#N)cc4-c4cc(C(C)(C)C)cc(C(C)(C)C)c4)c4cc(-c5ccccc5)cc2c43)c(-c2cc(C(C)(C)C)cc(C(C)(C)C)c2)c1. The highest BCUT2D eigenvalue weighted by Crippen LogP contribution is 2.59. The molecular formula is C132H123BN8. The molecule has 0 saturated carbocycles. The van der Waals surface area contributed by atoms with Crippen LogP contribution >= 0.6 is 0 Å². The van der Waals surface area contributed by atoms with Crippen LogP contribution in [0.4, 0.5) is 39.8 Å². The largest absolute Gasteiger partial charge is 0.310 e. The first kappa shape index (κ1) is 93.4. The molecule has 141 heavy (non-hydrogen) atoms. The minimum atomic E-state index is -0.514. The monoisotopic (exact) mass is 1830 g/mol. The molecule has 16 aromatic carbocycles. The van der Waals surface area contributed by atoms with E-state index in [1.807, 2.05) is 36.4 Å². The zero-order valence-electron chi connectivity index (χ0n) is 86.1. The molecule has 0 unspecified atom stereocenters. The fourth-order valence-corrected chi connectivity index (χ4v) is 21.5. The lowest BCUT2D eigenvalue weighted by Crippen LogP contribution is -2.61. The summed E-state index contributed by atoms with van der Waals surface area (Å²) in [6.45, 7) is 64.4. The smallest absolute Gasteiger partial charge is 0.252 e. The number of hydrogen-bond donors (Lipinski definition) is 0. The molecule has 0 bridgehead atoms. The maximum absolute atomic E-state index is 11.8. The number of anilines is 6. The van der Waals surface area contributed by atoms with E-state index in [0.717, 1.165) is 195 Å². The Bertz CT molecular complexity index is 7460. The number of fused-ring (bicyclic) bond motifs is 10. The van der Waals surface area contributed by atoms with Gasteiger partial charge in [-0.25, -0.2) is 4.85 Å². The molecule has 8 nitrogen and oxygen atoms in total. The third-order valence-corrected chi connectivity index (χ3v) is 29.6. The van der Waals surface area contributed by atoms with Crippen molar-refractivity contribution >= 4 is 107 Å². The van der Waals surface area contributed by atoms with Crippen LogP contribution in [0.3, 0.4) is 0 Å². The maximum atomic E-state index is 11.8. The minimum Gasteiger partial charge on any atom is -0.310 e. The first-order valence-electron chi connectivity index (χ1n) is 49.7. The van der Waals surface area contributed by atoms with Crippen LogP contribution in [-0.2, 0) is 43.3 Å². The summed E-state index contributed by atoms with van der Waals surface area (Å²) in [7, 11) is 0. The Kier molecular flexibility index (Phi) is 22.4. The first-order valence-corrected chi connectivity index (χ1v) is 49.7. The third kappa shape index (κ3) is 16.4. The molecule has 0 aliphatic carbocycles. The molecule has 0 spiro atoms. The molecule has 2 aliphatic rings. The maximum Gasteiger partial charge on any atom is 0.252 e. The van der Waals surface area contributed by atoms with Crippen molar-refractivity contribution in [3.63, 3.8) is 0 Å². The van der Waals surface area contributed by atoms with Gasteiger partial charge in [-0.05, 0) is 252 Å². The number of nitriles is 3. The number of nitrogens with zero attached hydrogens (tertiary/aromatic N) is 8. The number of benzene rings is 16. The Morgan fingerprint density at radius 2 is 0.525 bits per heavy atom. The molecule has 694 valence electrons. The molecule has 0 amide bonds. The average Bonchev–Trinajstić information content (AvgIpc) is 0.903. The van der Waals surface area contributed by atoms with Gasteiger partial charge in [-0.2, -0.15) is 15.8 Å². The predicted molar refractivity (Wildman–Crippen MR) is 597 cm³/mol. The molecule has 2 aromatic heterocycles. The number of para-hydroxylation sites is 4. The molecule has 2 aliphatic heterocycles. The minimum absolute atomic E-state index is 0.356. The van der Waals surface area contributed by atoms with E-state index in [0.29, 0.717) is 33.5 Å². The lowest BCUT2D eigenvalue weighted by atomic mass is 9.33. The molecule has 0 saturated heterocycles. The van der Waals surface area contributed by atoms with E-state index in [2.05, 4.69) is 481 Å². The topological polar surface area (TPSA) is 92.1 Å². The van der Waals surface area contributed by atoms with Crippen molar-refractivity contribution in [1.82, 2.24) is 9.13 Å². The molecule has 0 N–H and O–H groups in total. The molecule has 20 rings (SSSR count). The summed E-state index contributed by atoms with van der Waals surface area (Å²) < 4.78 is 4.94. The zero-order valence-corrected chi connectivity index (χ0v) is 86.1. The highest BCUT2D eigenvalue weighted by atomic mass is 15.2. The van der Waals surface area contributed by atoms with Gasteiger partial charge in [0.05, 0.1) is 69.3 Å². The van der Waals surface area contributed by atoms with E-state index < -0.39 is 6.71 Å². The van der Waals surface area contributed by atoms with Crippen LogP contribution in [0.1, 0.15) is 227 Å². The Morgan fingerprint density at radius 3 is 0.816 bits per heavy atom.